The van der Waals surface area contributed by atoms with E-state index in [1.807, 2.05) is 13.8 Å². The van der Waals surface area contributed by atoms with Crippen molar-refractivity contribution in [1.82, 2.24) is 5.32 Å². The fourth-order valence-corrected chi connectivity index (χ4v) is 3.27. The molecule has 1 aliphatic carbocycles. The highest BCUT2D eigenvalue weighted by molar-refractivity contribution is 5.87. The lowest BCUT2D eigenvalue weighted by Gasteiger charge is -2.37. The van der Waals surface area contributed by atoms with Gasteiger partial charge in [-0.2, -0.15) is 0 Å². The minimum atomic E-state index is -1.10. The summed E-state index contributed by atoms with van der Waals surface area (Å²) in [5.41, 5.74) is 4.31. The molecule has 116 valence electrons. The number of carbonyl (C=O) groups is 2. The molecule has 0 aliphatic heterocycles. The maximum Gasteiger partial charge on any atom is 0.329 e. The van der Waals surface area contributed by atoms with E-state index in [1.54, 1.807) is 0 Å². The molecule has 0 bridgehead atoms. The van der Waals surface area contributed by atoms with Crippen LogP contribution < -0.4 is 11.1 Å². The number of nitrogens with one attached hydrogen (secondary N) is 1. The van der Waals surface area contributed by atoms with Gasteiger partial charge in [0.1, 0.15) is 5.54 Å². The molecule has 1 fully saturated rings. The monoisotopic (exact) mass is 284 g/mol. The third-order valence-electron chi connectivity index (χ3n) is 4.13. The average molecular weight is 284 g/mol. The van der Waals surface area contributed by atoms with Gasteiger partial charge in [-0.05, 0) is 44.1 Å². The van der Waals surface area contributed by atoms with E-state index in [9.17, 15) is 14.7 Å². The lowest BCUT2D eigenvalue weighted by molar-refractivity contribution is -0.151. The van der Waals surface area contributed by atoms with Crippen molar-refractivity contribution in [1.29, 1.82) is 0 Å². The Morgan fingerprint density at radius 3 is 2.40 bits per heavy atom. The summed E-state index contributed by atoms with van der Waals surface area (Å²) in [5, 5.41) is 12.6. The van der Waals surface area contributed by atoms with Gasteiger partial charge in [0.15, 0.2) is 0 Å². The first-order valence-electron chi connectivity index (χ1n) is 7.67. The fourth-order valence-electron chi connectivity index (χ4n) is 3.27. The Morgan fingerprint density at radius 2 is 1.95 bits per heavy atom. The van der Waals surface area contributed by atoms with E-state index >= 15 is 0 Å². The van der Waals surface area contributed by atoms with Gasteiger partial charge in [0.05, 0.1) is 0 Å². The average Bonchev–Trinajstić information content (AvgIpc) is 2.88. The molecular weight excluding hydrogens is 256 g/mol. The molecule has 0 heterocycles. The van der Waals surface area contributed by atoms with Crippen LogP contribution in [0.2, 0.25) is 0 Å². The van der Waals surface area contributed by atoms with E-state index in [0.717, 1.165) is 25.7 Å². The van der Waals surface area contributed by atoms with E-state index in [4.69, 9.17) is 5.73 Å². The summed E-state index contributed by atoms with van der Waals surface area (Å²) in [6.45, 7) is 4.44. The number of carboxylic acids is 1. The van der Waals surface area contributed by atoms with E-state index in [-0.39, 0.29) is 17.7 Å². The van der Waals surface area contributed by atoms with Crippen LogP contribution in [0.1, 0.15) is 58.8 Å². The fraction of sp³-hybridized carbons (Fsp3) is 0.867. The van der Waals surface area contributed by atoms with E-state index < -0.39 is 11.5 Å². The Morgan fingerprint density at radius 1 is 1.35 bits per heavy atom. The molecule has 1 atom stereocenters. The quantitative estimate of drug-likeness (QED) is 0.634. The number of carboxylic acid groups (broad SMARTS) is 1. The predicted octanol–water partition coefficient (Wildman–Crippen LogP) is 1.90. The molecule has 20 heavy (non-hydrogen) atoms. The Balaban J connectivity index is 2.90. The highest BCUT2D eigenvalue weighted by Gasteiger charge is 2.47. The molecule has 5 nitrogen and oxygen atoms in total. The lowest BCUT2D eigenvalue weighted by Crippen LogP contribution is -2.59. The van der Waals surface area contributed by atoms with Crippen LogP contribution in [0.4, 0.5) is 0 Å². The molecule has 0 spiro atoms. The Kier molecular flexibility index (Phi) is 6.46. The number of hydrogen-bond donors (Lipinski definition) is 3. The molecule has 5 heteroatoms. The van der Waals surface area contributed by atoms with Crippen molar-refractivity contribution in [3.05, 3.63) is 0 Å². The second kappa shape index (κ2) is 7.62. The van der Waals surface area contributed by atoms with Crippen LogP contribution in [-0.2, 0) is 9.59 Å². The van der Waals surface area contributed by atoms with E-state index in [1.165, 1.54) is 0 Å². The number of nitrogens with two attached hydrogens (primary N) is 1. The third kappa shape index (κ3) is 4.20. The molecule has 1 aliphatic rings. The van der Waals surface area contributed by atoms with Gasteiger partial charge in [-0.3, -0.25) is 4.79 Å². The Hall–Kier alpha value is -1.10. The van der Waals surface area contributed by atoms with Gasteiger partial charge in [-0.1, -0.05) is 26.7 Å². The van der Waals surface area contributed by atoms with Crippen molar-refractivity contribution in [2.45, 2.75) is 64.3 Å². The number of rotatable bonds is 8. The first kappa shape index (κ1) is 17.0. The van der Waals surface area contributed by atoms with Crippen molar-refractivity contribution in [2.24, 2.45) is 17.6 Å². The van der Waals surface area contributed by atoms with Gasteiger partial charge < -0.3 is 16.2 Å². The summed E-state index contributed by atoms with van der Waals surface area (Å²) in [6.07, 6.45) is 5.25. The maximum atomic E-state index is 12.0. The second-order valence-corrected chi connectivity index (χ2v) is 6.30. The van der Waals surface area contributed by atoms with Crippen molar-refractivity contribution < 1.29 is 14.7 Å². The van der Waals surface area contributed by atoms with Gasteiger partial charge in [0.25, 0.3) is 0 Å². The minimum absolute atomic E-state index is 0.0456. The van der Waals surface area contributed by atoms with Crippen molar-refractivity contribution in [3.8, 4) is 0 Å². The van der Waals surface area contributed by atoms with Crippen LogP contribution in [0, 0.1) is 11.8 Å². The molecule has 1 rings (SSSR count). The second-order valence-electron chi connectivity index (χ2n) is 6.30. The van der Waals surface area contributed by atoms with Crippen LogP contribution in [-0.4, -0.2) is 29.1 Å². The number of amides is 1. The molecule has 0 aromatic heterocycles. The number of hydrogen-bond acceptors (Lipinski definition) is 3. The molecule has 4 N–H and O–H groups in total. The molecule has 1 amide bonds. The summed E-state index contributed by atoms with van der Waals surface area (Å²) in [6, 6.07) is 0. The normalized spacial score (nSPS) is 19.0. The molecule has 0 saturated heterocycles. The predicted molar refractivity (Wildman–Crippen MR) is 78.2 cm³/mol. The summed E-state index contributed by atoms with van der Waals surface area (Å²) in [5.74, 6) is -0.810. The maximum absolute atomic E-state index is 12.0. The van der Waals surface area contributed by atoms with Crippen molar-refractivity contribution >= 4 is 11.9 Å². The molecule has 0 radical (unpaired) electrons. The van der Waals surface area contributed by atoms with Crippen LogP contribution in [0.25, 0.3) is 0 Å². The summed E-state index contributed by atoms with van der Waals surface area (Å²) < 4.78 is 0. The zero-order valence-corrected chi connectivity index (χ0v) is 12.7. The van der Waals surface area contributed by atoms with Gasteiger partial charge >= 0.3 is 5.97 Å². The SMILES string of the molecule is CC(C)C[C@@](NC(=O)CCCN)(C(=O)O)C1CCCC1. The topological polar surface area (TPSA) is 92.4 Å². The smallest absolute Gasteiger partial charge is 0.329 e. The van der Waals surface area contributed by atoms with Crippen molar-refractivity contribution in [3.63, 3.8) is 0 Å². The molecule has 0 aromatic carbocycles. The van der Waals surface area contributed by atoms with E-state index in [0.29, 0.717) is 25.8 Å². The molecular formula is C15H28N2O3. The first-order chi connectivity index (χ1) is 9.42. The van der Waals surface area contributed by atoms with Gasteiger partial charge in [0, 0.05) is 6.42 Å². The number of carbonyl (C=O) groups excluding carboxylic acids is 1. The highest BCUT2D eigenvalue weighted by Crippen LogP contribution is 2.38. The van der Waals surface area contributed by atoms with Crippen LogP contribution in [0.3, 0.4) is 0 Å². The van der Waals surface area contributed by atoms with Crippen LogP contribution in [0.5, 0.6) is 0 Å². The largest absolute Gasteiger partial charge is 0.479 e. The third-order valence-corrected chi connectivity index (χ3v) is 4.13. The molecule has 1 saturated carbocycles. The van der Waals surface area contributed by atoms with E-state index in [2.05, 4.69) is 5.32 Å². The van der Waals surface area contributed by atoms with Gasteiger partial charge in [-0.25, -0.2) is 4.79 Å². The van der Waals surface area contributed by atoms with Crippen molar-refractivity contribution in [2.75, 3.05) is 6.54 Å². The Labute approximate surface area is 121 Å². The highest BCUT2D eigenvalue weighted by atomic mass is 16.4. The zero-order chi connectivity index (χ0) is 15.2. The standard InChI is InChI=1S/C15H28N2O3/c1-11(2)10-15(14(19)20,12-6-3-4-7-12)17-13(18)8-5-9-16/h11-12H,3-10,16H2,1-2H3,(H,17,18)(H,19,20)/t15-/m0/s1. The van der Waals surface area contributed by atoms with Crippen LogP contribution >= 0.6 is 0 Å². The summed E-state index contributed by atoms with van der Waals surface area (Å²) in [7, 11) is 0. The summed E-state index contributed by atoms with van der Waals surface area (Å²) in [4.78, 5) is 23.9. The number of aliphatic carboxylic acids is 1. The summed E-state index contributed by atoms with van der Waals surface area (Å²) >= 11 is 0. The molecule has 0 unspecified atom stereocenters. The minimum Gasteiger partial charge on any atom is -0.479 e. The van der Waals surface area contributed by atoms with Gasteiger partial charge in [0.2, 0.25) is 5.91 Å². The van der Waals surface area contributed by atoms with Crippen LogP contribution in [0.15, 0.2) is 0 Å². The zero-order valence-electron chi connectivity index (χ0n) is 12.7. The lowest BCUT2D eigenvalue weighted by atomic mass is 9.76. The first-order valence-corrected chi connectivity index (χ1v) is 7.67. The van der Waals surface area contributed by atoms with Gasteiger partial charge in [-0.15, -0.1) is 0 Å². The molecule has 0 aromatic rings. The Bertz CT molecular complexity index is 338.